The van der Waals surface area contributed by atoms with Gasteiger partial charge in [-0.05, 0) is 25.7 Å². The van der Waals surface area contributed by atoms with Crippen molar-refractivity contribution in [2.45, 2.75) is 89.1 Å². The maximum Gasteiger partial charge on any atom is 0.114 e. The second-order valence-corrected chi connectivity index (χ2v) is 6.62. The molecule has 1 rings (SSSR count). The number of aliphatic hydroxyl groups is 3. The quantitative estimate of drug-likeness (QED) is 0.333. The topological polar surface area (TPSA) is 79.2 Å². The van der Waals surface area contributed by atoms with E-state index in [-0.39, 0.29) is 6.61 Å². The van der Waals surface area contributed by atoms with E-state index in [2.05, 4.69) is 19.1 Å². The Morgan fingerprint density at radius 2 is 1.75 bits per heavy atom. The molecule has 24 heavy (non-hydrogen) atoms. The Balaban J connectivity index is 1.92. The van der Waals surface area contributed by atoms with Gasteiger partial charge >= 0.3 is 0 Å². The Hall–Kier alpha value is -0.460. The summed E-state index contributed by atoms with van der Waals surface area (Å²) in [6.07, 6.45) is 12.3. The largest absolute Gasteiger partial charge is 0.394 e. The zero-order valence-electron chi connectivity index (χ0n) is 15.1. The fourth-order valence-electron chi connectivity index (χ4n) is 2.91. The first-order chi connectivity index (χ1) is 11.7. The van der Waals surface area contributed by atoms with E-state index < -0.39 is 31.0 Å². The summed E-state index contributed by atoms with van der Waals surface area (Å²) in [5.74, 6) is 0. The van der Waals surface area contributed by atoms with Gasteiger partial charge < -0.3 is 24.8 Å². The van der Waals surface area contributed by atoms with E-state index in [1.54, 1.807) is 0 Å². The molecule has 5 heteroatoms. The van der Waals surface area contributed by atoms with E-state index in [9.17, 15) is 10.2 Å². The molecule has 0 aromatic carbocycles. The van der Waals surface area contributed by atoms with E-state index in [1.807, 2.05) is 0 Å². The molecular weight excluding hydrogens is 308 g/mol. The van der Waals surface area contributed by atoms with Gasteiger partial charge in [0.15, 0.2) is 0 Å². The summed E-state index contributed by atoms with van der Waals surface area (Å²) in [6, 6.07) is 0. The Morgan fingerprint density at radius 1 is 1.08 bits per heavy atom. The molecule has 0 saturated carbocycles. The van der Waals surface area contributed by atoms with Gasteiger partial charge in [-0.2, -0.15) is 0 Å². The number of ether oxygens (including phenoxy) is 2. The first kappa shape index (κ1) is 21.6. The van der Waals surface area contributed by atoms with Gasteiger partial charge in [0.1, 0.15) is 24.4 Å². The van der Waals surface area contributed by atoms with Crippen LogP contribution in [-0.4, -0.2) is 59.6 Å². The van der Waals surface area contributed by atoms with Crippen LogP contribution in [0.1, 0.15) is 64.7 Å². The maximum absolute atomic E-state index is 10.0. The lowest BCUT2D eigenvalue weighted by Crippen LogP contribution is -2.41. The van der Waals surface area contributed by atoms with Crippen LogP contribution in [0.2, 0.25) is 0 Å². The molecule has 0 aromatic rings. The molecule has 1 fully saturated rings. The summed E-state index contributed by atoms with van der Waals surface area (Å²) >= 11 is 0. The molecule has 1 aliphatic heterocycles. The summed E-state index contributed by atoms with van der Waals surface area (Å²) in [5, 5.41) is 28.4. The lowest BCUT2D eigenvalue weighted by atomic mass is 10.1. The van der Waals surface area contributed by atoms with Gasteiger partial charge in [0.2, 0.25) is 0 Å². The van der Waals surface area contributed by atoms with Crippen LogP contribution in [0, 0.1) is 0 Å². The van der Waals surface area contributed by atoms with Gasteiger partial charge in [-0.15, -0.1) is 0 Å². The summed E-state index contributed by atoms with van der Waals surface area (Å²) in [6.45, 7) is 2.66. The fraction of sp³-hybridized carbons (Fsp3) is 0.895. The van der Waals surface area contributed by atoms with Crippen LogP contribution in [0.3, 0.4) is 0 Å². The third kappa shape index (κ3) is 8.58. The van der Waals surface area contributed by atoms with Crippen molar-refractivity contribution in [1.82, 2.24) is 0 Å². The molecule has 1 aliphatic rings. The average Bonchev–Trinajstić information content (AvgIpc) is 2.96. The van der Waals surface area contributed by atoms with Crippen LogP contribution in [0.4, 0.5) is 0 Å². The molecule has 0 aliphatic carbocycles. The van der Waals surface area contributed by atoms with Gasteiger partial charge in [-0.1, -0.05) is 51.2 Å². The number of allylic oxidation sites excluding steroid dienone is 2. The fourth-order valence-corrected chi connectivity index (χ4v) is 2.91. The van der Waals surface area contributed by atoms with Crippen molar-refractivity contribution in [2.24, 2.45) is 0 Å². The highest BCUT2D eigenvalue weighted by molar-refractivity contribution is 4.88. The number of aliphatic hydroxyl groups excluding tert-OH is 3. The maximum atomic E-state index is 10.0. The first-order valence-electron chi connectivity index (χ1n) is 9.55. The van der Waals surface area contributed by atoms with E-state index in [0.717, 1.165) is 12.8 Å². The highest BCUT2D eigenvalue weighted by Crippen LogP contribution is 2.20. The van der Waals surface area contributed by atoms with Crippen molar-refractivity contribution >= 4 is 0 Å². The third-order valence-corrected chi connectivity index (χ3v) is 4.46. The minimum absolute atomic E-state index is 0.272. The second kappa shape index (κ2) is 13.8. The molecule has 3 N–H and O–H groups in total. The monoisotopic (exact) mass is 344 g/mol. The highest BCUT2D eigenvalue weighted by Gasteiger charge is 2.40. The molecule has 4 atom stereocenters. The van der Waals surface area contributed by atoms with Crippen molar-refractivity contribution in [3.05, 3.63) is 12.2 Å². The van der Waals surface area contributed by atoms with Gasteiger partial charge in [-0.3, -0.25) is 0 Å². The predicted octanol–water partition coefficient (Wildman–Crippen LogP) is 2.57. The van der Waals surface area contributed by atoms with Crippen molar-refractivity contribution in [3.8, 4) is 0 Å². The van der Waals surface area contributed by atoms with Gasteiger partial charge in [-0.25, -0.2) is 0 Å². The predicted molar refractivity (Wildman–Crippen MR) is 94.9 cm³/mol. The zero-order valence-corrected chi connectivity index (χ0v) is 15.1. The molecule has 0 bridgehead atoms. The SMILES string of the molecule is CCC/C=C/CCCCCCCCO[C@H]1CO[C@H]([C@H](O)CO)[C@@H]1O. The molecule has 142 valence electrons. The Kier molecular flexibility index (Phi) is 12.4. The van der Waals surface area contributed by atoms with Gasteiger partial charge in [0, 0.05) is 6.61 Å². The Morgan fingerprint density at radius 3 is 2.46 bits per heavy atom. The molecule has 0 amide bonds. The van der Waals surface area contributed by atoms with Crippen LogP contribution in [0.15, 0.2) is 12.2 Å². The van der Waals surface area contributed by atoms with Crippen molar-refractivity contribution in [2.75, 3.05) is 19.8 Å². The Bertz CT molecular complexity index is 321. The van der Waals surface area contributed by atoms with Crippen LogP contribution < -0.4 is 0 Å². The molecular formula is C19H36O5. The number of rotatable bonds is 14. The molecule has 5 nitrogen and oxygen atoms in total. The number of unbranched alkanes of at least 4 members (excludes halogenated alkanes) is 7. The molecule has 0 spiro atoms. The smallest absolute Gasteiger partial charge is 0.114 e. The molecule has 0 radical (unpaired) electrons. The van der Waals surface area contributed by atoms with E-state index in [1.165, 1.54) is 44.9 Å². The second-order valence-electron chi connectivity index (χ2n) is 6.62. The number of hydrogen-bond donors (Lipinski definition) is 3. The summed E-state index contributed by atoms with van der Waals surface area (Å²) in [7, 11) is 0. The third-order valence-electron chi connectivity index (χ3n) is 4.46. The molecule has 1 saturated heterocycles. The van der Waals surface area contributed by atoms with Crippen LogP contribution in [0.25, 0.3) is 0 Å². The lowest BCUT2D eigenvalue weighted by Gasteiger charge is -2.20. The lowest BCUT2D eigenvalue weighted by molar-refractivity contribution is -0.0730. The Labute approximate surface area is 146 Å². The van der Waals surface area contributed by atoms with Crippen LogP contribution >= 0.6 is 0 Å². The number of hydrogen-bond acceptors (Lipinski definition) is 5. The standard InChI is InChI=1S/C19H36O5/c1-2-3-4-5-6-7-8-9-10-11-12-13-23-17-15-24-19(18(17)22)16(21)14-20/h4-5,16-22H,2-3,6-15H2,1H3/b5-4+/t16-,17+,18-,19-/m1/s1. The highest BCUT2D eigenvalue weighted by atomic mass is 16.6. The summed E-state index contributed by atoms with van der Waals surface area (Å²) < 4.78 is 10.9. The minimum Gasteiger partial charge on any atom is -0.394 e. The van der Waals surface area contributed by atoms with Gasteiger partial charge in [0.25, 0.3) is 0 Å². The first-order valence-corrected chi connectivity index (χ1v) is 9.55. The molecule has 0 unspecified atom stereocenters. The molecule has 0 aromatic heterocycles. The summed E-state index contributed by atoms with van der Waals surface area (Å²) in [4.78, 5) is 0. The minimum atomic E-state index is -1.05. The van der Waals surface area contributed by atoms with Crippen molar-refractivity contribution < 1.29 is 24.8 Å². The van der Waals surface area contributed by atoms with Crippen molar-refractivity contribution in [1.29, 1.82) is 0 Å². The normalized spacial score (nSPS) is 25.6. The summed E-state index contributed by atoms with van der Waals surface area (Å²) in [5.41, 5.74) is 0. The van der Waals surface area contributed by atoms with E-state index >= 15 is 0 Å². The van der Waals surface area contributed by atoms with Gasteiger partial charge in [0.05, 0.1) is 13.2 Å². The van der Waals surface area contributed by atoms with Crippen LogP contribution in [-0.2, 0) is 9.47 Å². The van der Waals surface area contributed by atoms with E-state index in [4.69, 9.17) is 14.6 Å². The average molecular weight is 344 g/mol. The van der Waals surface area contributed by atoms with Crippen molar-refractivity contribution in [3.63, 3.8) is 0 Å². The van der Waals surface area contributed by atoms with Crippen LogP contribution in [0.5, 0.6) is 0 Å². The molecule has 1 heterocycles. The zero-order chi connectivity index (χ0) is 17.6. The van der Waals surface area contributed by atoms with E-state index in [0.29, 0.717) is 6.61 Å².